The molecule has 10 atom stereocenters. The summed E-state index contributed by atoms with van der Waals surface area (Å²) in [6, 6.07) is 12.0. The predicted molar refractivity (Wildman–Crippen MR) is 180 cm³/mol. The fourth-order valence-electron chi connectivity index (χ4n) is 7.21. The third-order valence-electron chi connectivity index (χ3n) is 9.68. The molecule has 19 heteroatoms. The molecule has 2 aliphatic heterocycles. The Morgan fingerprint density at radius 1 is 1.12 bits per heavy atom. The lowest BCUT2D eigenvalue weighted by molar-refractivity contribution is -0.348. The molecule has 2 saturated heterocycles. The molecule has 0 bridgehead atoms. The zero-order valence-corrected chi connectivity index (χ0v) is 28.5. The number of benzene rings is 1. The van der Waals surface area contributed by atoms with Crippen molar-refractivity contribution in [2.75, 3.05) is 11.9 Å². The number of imidazole rings is 2. The van der Waals surface area contributed by atoms with E-state index in [-0.39, 0.29) is 54.8 Å². The van der Waals surface area contributed by atoms with Gasteiger partial charge in [0, 0.05) is 58.4 Å². The highest BCUT2D eigenvalue weighted by Crippen LogP contribution is 2.49. The standard InChI is InChI=1S/C33H33FN9O8P/c34-25-19-13-22(47-12-4-8-35)33(46,50-24-14-20(51-52)30(49-24)42-10-7-23(44)41-11-9-36-32(41)42)15-21(19)48-31(25)43-17-39-26-27(37-16-38-28(26)43)40-29(45)18-5-2-1-3-6-18/h1-3,5-7,9-11,16-17,19-22,24-25,30-31,46H,4,12-15,52H2,(H,37,38,40,45)/t19-,20-,21-,22?,24?,25+,30-,31-,33?/m1/s1. The maximum Gasteiger partial charge on any atom is 0.258 e. The van der Waals surface area contributed by atoms with Crippen molar-refractivity contribution >= 4 is 38.1 Å². The smallest absolute Gasteiger partial charge is 0.258 e. The van der Waals surface area contributed by atoms with E-state index in [4.69, 9.17) is 28.7 Å². The quantitative estimate of drug-likeness (QED) is 0.121. The maximum absolute atomic E-state index is 16.4. The molecule has 52 heavy (non-hydrogen) atoms. The normalized spacial score (nSPS) is 30.0. The predicted octanol–water partition coefficient (Wildman–Crippen LogP) is 2.66. The summed E-state index contributed by atoms with van der Waals surface area (Å²) < 4.78 is 51.3. The lowest BCUT2D eigenvalue weighted by Crippen LogP contribution is -2.56. The molecule has 4 unspecified atom stereocenters. The fourth-order valence-corrected chi connectivity index (χ4v) is 7.46. The maximum atomic E-state index is 16.4. The fraction of sp³-hybridized carbons (Fsp3) is 0.424. The van der Waals surface area contributed by atoms with Crippen LogP contribution >= 0.6 is 9.47 Å². The van der Waals surface area contributed by atoms with Crippen LogP contribution in [0.3, 0.4) is 0 Å². The van der Waals surface area contributed by atoms with Crippen molar-refractivity contribution in [1.29, 1.82) is 5.26 Å². The summed E-state index contributed by atoms with van der Waals surface area (Å²) >= 11 is 0. The molecule has 1 aliphatic carbocycles. The van der Waals surface area contributed by atoms with E-state index in [9.17, 15) is 14.7 Å². The topological polar surface area (TPSA) is 202 Å². The van der Waals surface area contributed by atoms with Crippen LogP contribution in [0.1, 0.15) is 48.5 Å². The minimum Gasteiger partial charge on any atom is -0.372 e. The first-order chi connectivity index (χ1) is 25.3. The van der Waals surface area contributed by atoms with Gasteiger partial charge in [0.15, 0.2) is 47.7 Å². The van der Waals surface area contributed by atoms with Crippen LogP contribution < -0.4 is 10.9 Å². The first-order valence-electron chi connectivity index (χ1n) is 16.6. The Morgan fingerprint density at radius 2 is 1.96 bits per heavy atom. The summed E-state index contributed by atoms with van der Waals surface area (Å²) in [6.07, 6.45) is 0.181. The van der Waals surface area contributed by atoms with Gasteiger partial charge in [-0.15, -0.1) is 0 Å². The van der Waals surface area contributed by atoms with E-state index in [1.54, 1.807) is 41.1 Å². The summed E-state index contributed by atoms with van der Waals surface area (Å²) in [5, 5.41) is 24.0. The van der Waals surface area contributed by atoms with E-state index in [0.29, 0.717) is 11.3 Å². The van der Waals surface area contributed by atoms with Gasteiger partial charge in [0.2, 0.25) is 5.78 Å². The first-order valence-corrected chi connectivity index (χ1v) is 17.0. The third-order valence-corrected chi connectivity index (χ3v) is 10.0. The van der Waals surface area contributed by atoms with Crippen LogP contribution in [0.25, 0.3) is 16.9 Å². The number of anilines is 1. The van der Waals surface area contributed by atoms with Gasteiger partial charge in [0.25, 0.3) is 11.5 Å². The number of hydrogen-bond acceptors (Lipinski definition) is 13. The Labute approximate surface area is 296 Å². The number of carbonyl (C=O) groups excluding carboxylic acids is 1. The number of carbonyl (C=O) groups is 1. The van der Waals surface area contributed by atoms with Gasteiger partial charge >= 0.3 is 0 Å². The van der Waals surface area contributed by atoms with Crippen LogP contribution in [0.2, 0.25) is 0 Å². The number of fused-ring (bicyclic) bond motifs is 3. The summed E-state index contributed by atoms with van der Waals surface area (Å²) in [4.78, 5) is 42.3. The van der Waals surface area contributed by atoms with Gasteiger partial charge in [-0.05, 0) is 18.6 Å². The molecule has 1 saturated carbocycles. The van der Waals surface area contributed by atoms with E-state index in [0.717, 1.165) is 0 Å². The van der Waals surface area contributed by atoms with Crippen molar-refractivity contribution < 1.29 is 37.8 Å². The molecule has 4 aromatic heterocycles. The van der Waals surface area contributed by atoms with E-state index in [2.05, 4.69) is 34.7 Å². The van der Waals surface area contributed by atoms with Gasteiger partial charge in [0.05, 0.1) is 31.5 Å². The van der Waals surface area contributed by atoms with Gasteiger partial charge in [-0.1, -0.05) is 18.2 Å². The van der Waals surface area contributed by atoms with Crippen LogP contribution in [-0.4, -0.2) is 87.7 Å². The average Bonchev–Trinajstić information content (AvgIpc) is 3.95. The second-order valence-electron chi connectivity index (χ2n) is 12.7. The molecule has 1 amide bonds. The molecular formula is C33H33FN9O8P. The molecule has 6 heterocycles. The number of halogens is 1. The van der Waals surface area contributed by atoms with Crippen LogP contribution in [-0.2, 0) is 23.5 Å². The summed E-state index contributed by atoms with van der Waals surface area (Å²) in [5.74, 6) is -2.67. The lowest BCUT2D eigenvalue weighted by atomic mass is 9.79. The molecule has 1 aromatic carbocycles. The van der Waals surface area contributed by atoms with E-state index in [1.165, 1.54) is 40.1 Å². The largest absolute Gasteiger partial charge is 0.372 e. The Hall–Kier alpha value is -4.73. The van der Waals surface area contributed by atoms with Crippen molar-refractivity contribution in [1.82, 2.24) is 33.5 Å². The highest BCUT2D eigenvalue weighted by molar-refractivity contribution is 7.09. The number of aliphatic hydroxyl groups is 1. The number of alkyl halides is 1. The Balaban J connectivity index is 1.03. The van der Waals surface area contributed by atoms with Crippen molar-refractivity contribution in [3.8, 4) is 6.07 Å². The second kappa shape index (κ2) is 14.0. The Bertz CT molecular complexity index is 2200. The van der Waals surface area contributed by atoms with Crippen molar-refractivity contribution in [2.45, 2.75) is 74.7 Å². The molecule has 2 N–H and O–H groups in total. The first kappa shape index (κ1) is 34.4. The third kappa shape index (κ3) is 6.13. The van der Waals surface area contributed by atoms with Gasteiger partial charge in [0.1, 0.15) is 18.5 Å². The Kier molecular flexibility index (Phi) is 9.26. The van der Waals surface area contributed by atoms with E-state index >= 15 is 4.39 Å². The Morgan fingerprint density at radius 3 is 2.77 bits per heavy atom. The van der Waals surface area contributed by atoms with Gasteiger partial charge in [-0.3, -0.25) is 23.1 Å². The lowest BCUT2D eigenvalue weighted by Gasteiger charge is -2.44. The monoisotopic (exact) mass is 733 g/mol. The summed E-state index contributed by atoms with van der Waals surface area (Å²) in [6.45, 7) is -0.0211. The number of hydrogen-bond donors (Lipinski definition) is 2. The molecule has 270 valence electrons. The van der Waals surface area contributed by atoms with E-state index < -0.39 is 60.8 Å². The summed E-state index contributed by atoms with van der Waals surface area (Å²) in [7, 11) is 2.20. The van der Waals surface area contributed by atoms with Crippen molar-refractivity contribution in [3.05, 3.63) is 83.6 Å². The number of nitrogens with one attached hydrogen (secondary N) is 1. The molecule has 3 aliphatic rings. The molecule has 5 aromatic rings. The SMILES string of the molecule is N#CCCOC1C[C@H]2[C@H](F)[C@H](n3cnc4c(NC(=O)c5ccccc5)ncnc43)O[C@@H]2CC1(O)OC1C[C@@H](OP)[C@H](n2ccc(=O)n3ccnc23)O1. The van der Waals surface area contributed by atoms with Crippen LogP contribution in [0.15, 0.2) is 72.4 Å². The van der Waals surface area contributed by atoms with Crippen molar-refractivity contribution in [2.24, 2.45) is 5.92 Å². The number of amides is 1. The number of aromatic nitrogens is 7. The zero-order valence-electron chi connectivity index (χ0n) is 27.3. The average molecular weight is 734 g/mol. The summed E-state index contributed by atoms with van der Waals surface area (Å²) in [5.41, 5.74) is 0.628. The zero-order chi connectivity index (χ0) is 36.0. The number of nitriles is 1. The van der Waals surface area contributed by atoms with E-state index in [1.807, 2.05) is 6.07 Å². The molecule has 17 nitrogen and oxygen atoms in total. The molecule has 0 radical (unpaired) electrons. The van der Waals surface area contributed by atoms with Crippen LogP contribution in [0.4, 0.5) is 10.2 Å². The number of ether oxygens (including phenoxy) is 4. The molecular weight excluding hydrogens is 700 g/mol. The molecule has 0 spiro atoms. The minimum absolute atomic E-state index is 0.00161. The van der Waals surface area contributed by atoms with Crippen molar-refractivity contribution in [3.63, 3.8) is 0 Å². The minimum atomic E-state index is -2.02. The molecule has 3 fully saturated rings. The highest BCUT2D eigenvalue weighted by atomic mass is 31.0. The number of nitrogens with zero attached hydrogens (tertiary/aromatic N) is 8. The van der Waals surface area contributed by atoms with Crippen LogP contribution in [0.5, 0.6) is 0 Å². The van der Waals surface area contributed by atoms with Gasteiger partial charge < -0.3 is 33.9 Å². The second-order valence-corrected chi connectivity index (χ2v) is 13.0. The highest BCUT2D eigenvalue weighted by Gasteiger charge is 2.58. The van der Waals surface area contributed by atoms with Crippen LogP contribution in [0, 0.1) is 17.2 Å². The number of rotatable bonds is 10. The molecule has 8 rings (SSSR count). The van der Waals surface area contributed by atoms with Gasteiger partial charge in [-0.25, -0.2) is 24.3 Å². The van der Waals surface area contributed by atoms with Gasteiger partial charge in [-0.2, -0.15) is 5.26 Å².